The smallest absolute Gasteiger partial charge is 0.243 e. The van der Waals surface area contributed by atoms with Gasteiger partial charge in [0.05, 0.1) is 26.2 Å². The highest BCUT2D eigenvalue weighted by atomic mass is 32.2. The lowest BCUT2D eigenvalue weighted by Crippen LogP contribution is -2.47. The molecular weight excluding hydrogens is 380 g/mol. The molecule has 0 unspecified atom stereocenters. The third-order valence-corrected chi connectivity index (χ3v) is 5.53. The molecule has 0 spiro atoms. The first-order chi connectivity index (χ1) is 13.2. The molecule has 1 atom stereocenters. The van der Waals surface area contributed by atoms with Crippen molar-refractivity contribution in [2.24, 2.45) is 0 Å². The lowest BCUT2D eigenvalue weighted by Gasteiger charge is -2.29. The first-order valence-corrected chi connectivity index (χ1v) is 10.6. The molecule has 0 aliphatic carbocycles. The number of rotatable bonds is 8. The minimum absolute atomic E-state index is 0.238. The van der Waals surface area contributed by atoms with Crippen molar-refractivity contribution in [1.29, 1.82) is 0 Å². The number of hydrogen-bond donors (Lipinski definition) is 1. The van der Waals surface area contributed by atoms with E-state index in [2.05, 4.69) is 5.32 Å². The highest BCUT2D eigenvalue weighted by molar-refractivity contribution is 7.92. The first-order valence-electron chi connectivity index (χ1n) is 8.72. The molecule has 0 bridgehead atoms. The Labute approximate surface area is 166 Å². The normalized spacial score (nSPS) is 12.2. The van der Waals surface area contributed by atoms with Gasteiger partial charge < -0.3 is 14.8 Å². The highest BCUT2D eigenvalue weighted by Crippen LogP contribution is 2.35. The zero-order valence-electron chi connectivity index (χ0n) is 16.7. The SMILES string of the molecule is COc1ccc(OC)c(N([C@H](C)C(=O)NCc2ccc(C)cc2)S(C)(=O)=O)c1. The molecule has 2 aromatic carbocycles. The topological polar surface area (TPSA) is 84.9 Å². The average molecular weight is 407 g/mol. The van der Waals surface area contributed by atoms with E-state index in [-0.39, 0.29) is 5.69 Å². The number of ether oxygens (including phenoxy) is 2. The van der Waals surface area contributed by atoms with E-state index in [0.717, 1.165) is 21.7 Å². The molecule has 0 saturated heterocycles. The van der Waals surface area contributed by atoms with Gasteiger partial charge in [0, 0.05) is 12.6 Å². The van der Waals surface area contributed by atoms with Crippen LogP contribution in [-0.2, 0) is 21.4 Å². The molecule has 152 valence electrons. The molecule has 0 aliphatic heterocycles. The standard InChI is InChI=1S/C20H26N2O5S/c1-14-6-8-16(9-7-14)13-21-20(23)15(2)22(28(5,24)25)18-12-17(26-3)10-11-19(18)27-4/h6-12,15H,13H2,1-5H3,(H,21,23)/t15-/m1/s1. The second-order valence-electron chi connectivity index (χ2n) is 6.48. The Morgan fingerprint density at radius 3 is 2.29 bits per heavy atom. The van der Waals surface area contributed by atoms with Crippen LogP contribution in [0.4, 0.5) is 5.69 Å². The predicted molar refractivity (Wildman–Crippen MR) is 109 cm³/mol. The summed E-state index contributed by atoms with van der Waals surface area (Å²) in [7, 11) is -0.853. The van der Waals surface area contributed by atoms with Gasteiger partial charge in [0.25, 0.3) is 0 Å². The van der Waals surface area contributed by atoms with Crippen LogP contribution in [0.3, 0.4) is 0 Å². The Morgan fingerprint density at radius 1 is 1.11 bits per heavy atom. The molecule has 0 aromatic heterocycles. The van der Waals surface area contributed by atoms with Gasteiger partial charge >= 0.3 is 0 Å². The highest BCUT2D eigenvalue weighted by Gasteiger charge is 2.31. The second-order valence-corrected chi connectivity index (χ2v) is 8.34. The van der Waals surface area contributed by atoms with Crippen molar-refractivity contribution < 1.29 is 22.7 Å². The number of hydrogen-bond acceptors (Lipinski definition) is 5. The van der Waals surface area contributed by atoms with Gasteiger partial charge in [-0.15, -0.1) is 0 Å². The van der Waals surface area contributed by atoms with Crippen molar-refractivity contribution >= 4 is 21.6 Å². The van der Waals surface area contributed by atoms with Crippen LogP contribution in [0, 0.1) is 6.92 Å². The van der Waals surface area contributed by atoms with Gasteiger partial charge in [-0.1, -0.05) is 29.8 Å². The second kappa shape index (κ2) is 8.97. The average Bonchev–Trinajstić information content (AvgIpc) is 2.66. The quantitative estimate of drug-likeness (QED) is 0.728. The number of aryl methyl sites for hydroxylation is 1. The van der Waals surface area contributed by atoms with E-state index in [1.54, 1.807) is 12.1 Å². The summed E-state index contributed by atoms with van der Waals surface area (Å²) >= 11 is 0. The molecule has 2 aromatic rings. The number of carbonyl (C=O) groups excluding carboxylic acids is 1. The predicted octanol–water partition coefficient (Wildman–Crippen LogP) is 2.48. The summed E-state index contributed by atoms with van der Waals surface area (Å²) in [4.78, 5) is 12.7. The van der Waals surface area contributed by atoms with Crippen LogP contribution in [0.1, 0.15) is 18.1 Å². The summed E-state index contributed by atoms with van der Waals surface area (Å²) < 4.78 is 36.5. The molecule has 0 fully saturated rings. The van der Waals surface area contributed by atoms with Gasteiger partial charge in [0.1, 0.15) is 17.5 Å². The van der Waals surface area contributed by atoms with E-state index in [1.807, 2.05) is 31.2 Å². The van der Waals surface area contributed by atoms with Crippen LogP contribution in [0.15, 0.2) is 42.5 Å². The van der Waals surface area contributed by atoms with Crippen LogP contribution in [0.25, 0.3) is 0 Å². The molecule has 0 saturated carbocycles. The summed E-state index contributed by atoms with van der Waals surface area (Å²) in [5.41, 5.74) is 2.29. The molecule has 2 rings (SSSR count). The number of carbonyl (C=O) groups is 1. The van der Waals surface area contributed by atoms with E-state index in [4.69, 9.17) is 9.47 Å². The maximum Gasteiger partial charge on any atom is 0.243 e. The molecule has 1 N–H and O–H groups in total. The first kappa shape index (κ1) is 21.6. The summed E-state index contributed by atoms with van der Waals surface area (Å²) in [5.74, 6) is 0.358. The number of nitrogens with zero attached hydrogens (tertiary/aromatic N) is 1. The Balaban J connectivity index is 2.30. The number of amides is 1. The fourth-order valence-corrected chi connectivity index (χ4v) is 3.96. The largest absolute Gasteiger partial charge is 0.497 e. The van der Waals surface area contributed by atoms with Gasteiger partial charge in [-0.05, 0) is 31.5 Å². The Kier molecular flexibility index (Phi) is 6.90. The molecular formula is C20H26N2O5S. The molecule has 8 heteroatoms. The maximum absolute atomic E-state index is 12.7. The van der Waals surface area contributed by atoms with Gasteiger partial charge in [0.2, 0.25) is 15.9 Å². The Bertz CT molecular complexity index is 926. The van der Waals surface area contributed by atoms with Crippen molar-refractivity contribution in [3.05, 3.63) is 53.6 Å². The Hall–Kier alpha value is -2.74. The monoisotopic (exact) mass is 406 g/mol. The van der Waals surface area contributed by atoms with E-state index >= 15 is 0 Å². The molecule has 1 amide bonds. The van der Waals surface area contributed by atoms with Crippen molar-refractivity contribution in [3.8, 4) is 11.5 Å². The lowest BCUT2D eigenvalue weighted by molar-refractivity contribution is -0.122. The van der Waals surface area contributed by atoms with Gasteiger partial charge in [0.15, 0.2) is 0 Å². The molecule has 28 heavy (non-hydrogen) atoms. The maximum atomic E-state index is 12.7. The van der Waals surface area contributed by atoms with Crippen molar-refractivity contribution in [2.45, 2.75) is 26.4 Å². The van der Waals surface area contributed by atoms with E-state index < -0.39 is 22.0 Å². The zero-order valence-corrected chi connectivity index (χ0v) is 17.5. The molecule has 0 aliphatic rings. The fourth-order valence-electron chi connectivity index (χ4n) is 2.79. The fraction of sp³-hybridized carbons (Fsp3) is 0.350. The van der Waals surface area contributed by atoms with E-state index in [0.29, 0.717) is 18.0 Å². The zero-order chi connectivity index (χ0) is 20.9. The molecule has 0 heterocycles. The summed E-state index contributed by atoms with van der Waals surface area (Å²) in [5, 5.41) is 2.79. The minimum atomic E-state index is -3.77. The van der Waals surface area contributed by atoms with Crippen LogP contribution in [0.2, 0.25) is 0 Å². The third-order valence-electron chi connectivity index (χ3n) is 4.30. The number of sulfonamides is 1. The van der Waals surface area contributed by atoms with E-state index in [9.17, 15) is 13.2 Å². The van der Waals surface area contributed by atoms with Gasteiger partial charge in [-0.3, -0.25) is 9.10 Å². The van der Waals surface area contributed by atoms with Crippen molar-refractivity contribution in [3.63, 3.8) is 0 Å². The third kappa shape index (κ3) is 5.16. The lowest BCUT2D eigenvalue weighted by atomic mass is 10.1. The summed E-state index contributed by atoms with van der Waals surface area (Å²) in [6.45, 7) is 3.82. The summed E-state index contributed by atoms with van der Waals surface area (Å²) in [6, 6.07) is 11.5. The van der Waals surface area contributed by atoms with Gasteiger partial charge in [-0.25, -0.2) is 8.42 Å². The number of nitrogens with one attached hydrogen (secondary N) is 1. The van der Waals surface area contributed by atoms with Crippen LogP contribution in [-0.4, -0.2) is 40.8 Å². The van der Waals surface area contributed by atoms with Crippen LogP contribution >= 0.6 is 0 Å². The number of benzene rings is 2. The molecule has 0 radical (unpaired) electrons. The van der Waals surface area contributed by atoms with Crippen molar-refractivity contribution in [1.82, 2.24) is 5.32 Å². The Morgan fingerprint density at radius 2 is 1.75 bits per heavy atom. The number of anilines is 1. The molecule has 7 nitrogen and oxygen atoms in total. The number of methoxy groups -OCH3 is 2. The van der Waals surface area contributed by atoms with E-state index in [1.165, 1.54) is 27.2 Å². The summed E-state index contributed by atoms with van der Waals surface area (Å²) in [6.07, 6.45) is 1.05. The van der Waals surface area contributed by atoms with Crippen LogP contribution in [0.5, 0.6) is 11.5 Å². The van der Waals surface area contributed by atoms with Crippen molar-refractivity contribution in [2.75, 3.05) is 24.8 Å². The minimum Gasteiger partial charge on any atom is -0.497 e. The van der Waals surface area contributed by atoms with Crippen LogP contribution < -0.4 is 19.1 Å². The van der Waals surface area contributed by atoms with Gasteiger partial charge in [-0.2, -0.15) is 0 Å².